The van der Waals surface area contributed by atoms with E-state index in [9.17, 15) is 9.59 Å². The molecule has 1 aromatic heterocycles. The van der Waals surface area contributed by atoms with Crippen molar-refractivity contribution >= 4 is 23.2 Å². The first-order chi connectivity index (χ1) is 9.56. The minimum atomic E-state index is -0.373. The molecule has 0 radical (unpaired) electrons. The Hall–Kier alpha value is -2.69. The molecule has 0 spiro atoms. The number of ketones is 1. The first kappa shape index (κ1) is 13.7. The van der Waals surface area contributed by atoms with E-state index in [1.807, 2.05) is 13.0 Å². The molecule has 102 valence electrons. The lowest BCUT2D eigenvalue weighted by Crippen LogP contribution is -2.20. The van der Waals surface area contributed by atoms with Gasteiger partial charge in [0.25, 0.3) is 0 Å². The van der Waals surface area contributed by atoms with Gasteiger partial charge < -0.3 is 10.6 Å². The minimum absolute atomic E-state index is 0.0443. The first-order valence-corrected chi connectivity index (χ1v) is 6.16. The van der Waals surface area contributed by atoms with E-state index in [0.29, 0.717) is 16.9 Å². The minimum Gasteiger partial charge on any atom is -0.308 e. The first-order valence-electron chi connectivity index (χ1n) is 6.16. The lowest BCUT2D eigenvalue weighted by Gasteiger charge is -2.09. The van der Waals surface area contributed by atoms with Gasteiger partial charge in [-0.1, -0.05) is 12.1 Å². The van der Waals surface area contributed by atoms with Crippen LogP contribution in [0, 0.1) is 6.92 Å². The quantitative estimate of drug-likeness (QED) is 0.840. The number of carbonyl (C=O) groups is 2. The monoisotopic (exact) mass is 269 g/mol. The second-order valence-electron chi connectivity index (χ2n) is 4.41. The smallest absolute Gasteiger partial charge is 0.308 e. The number of aromatic nitrogens is 1. The van der Waals surface area contributed by atoms with Crippen molar-refractivity contribution in [3.63, 3.8) is 0 Å². The Kier molecular flexibility index (Phi) is 4.10. The third-order valence-corrected chi connectivity index (χ3v) is 2.81. The molecule has 0 unspecified atom stereocenters. The number of nitrogens with one attached hydrogen (secondary N) is 2. The molecule has 0 fully saturated rings. The predicted octanol–water partition coefficient (Wildman–Crippen LogP) is 3.24. The molecule has 0 aliphatic heterocycles. The van der Waals surface area contributed by atoms with Crippen LogP contribution in [0.1, 0.15) is 22.8 Å². The van der Waals surface area contributed by atoms with Gasteiger partial charge in [0.1, 0.15) is 0 Å². The van der Waals surface area contributed by atoms with Crippen LogP contribution in [0.4, 0.5) is 16.2 Å². The SMILES string of the molecule is CC(=O)c1cccc(NC(=O)Nc2cnccc2C)c1. The molecule has 0 aliphatic rings. The van der Waals surface area contributed by atoms with Gasteiger partial charge in [-0.2, -0.15) is 0 Å². The Morgan fingerprint density at radius 1 is 1.15 bits per heavy atom. The van der Waals surface area contributed by atoms with Crippen molar-refractivity contribution in [1.82, 2.24) is 4.98 Å². The number of rotatable bonds is 3. The summed E-state index contributed by atoms with van der Waals surface area (Å²) in [5.41, 5.74) is 2.69. The van der Waals surface area contributed by atoms with E-state index >= 15 is 0 Å². The van der Waals surface area contributed by atoms with Crippen molar-refractivity contribution < 1.29 is 9.59 Å². The highest BCUT2D eigenvalue weighted by molar-refractivity contribution is 6.01. The van der Waals surface area contributed by atoms with Crippen LogP contribution >= 0.6 is 0 Å². The summed E-state index contributed by atoms with van der Waals surface area (Å²) in [5.74, 6) is -0.0443. The molecular formula is C15H15N3O2. The highest BCUT2D eigenvalue weighted by Crippen LogP contribution is 2.14. The van der Waals surface area contributed by atoms with Crippen molar-refractivity contribution in [2.24, 2.45) is 0 Å². The molecule has 1 heterocycles. The molecule has 2 rings (SSSR count). The van der Waals surface area contributed by atoms with Crippen LogP contribution in [-0.2, 0) is 0 Å². The highest BCUT2D eigenvalue weighted by Gasteiger charge is 2.06. The second-order valence-corrected chi connectivity index (χ2v) is 4.41. The van der Waals surface area contributed by atoms with Crippen molar-refractivity contribution in [3.8, 4) is 0 Å². The molecular weight excluding hydrogens is 254 g/mol. The zero-order valence-corrected chi connectivity index (χ0v) is 11.3. The average Bonchev–Trinajstić information content (AvgIpc) is 2.41. The highest BCUT2D eigenvalue weighted by atomic mass is 16.2. The average molecular weight is 269 g/mol. The number of Topliss-reactive ketones (excluding diaryl/α,β-unsaturated/α-hetero) is 1. The van der Waals surface area contributed by atoms with E-state index in [1.54, 1.807) is 36.7 Å². The fraction of sp³-hybridized carbons (Fsp3) is 0.133. The van der Waals surface area contributed by atoms with E-state index in [4.69, 9.17) is 0 Å². The Morgan fingerprint density at radius 2 is 1.95 bits per heavy atom. The Balaban J connectivity index is 2.07. The normalized spacial score (nSPS) is 9.90. The lowest BCUT2D eigenvalue weighted by atomic mass is 10.1. The molecule has 0 atom stereocenters. The Labute approximate surface area is 117 Å². The van der Waals surface area contributed by atoms with Gasteiger partial charge in [0.15, 0.2) is 5.78 Å². The van der Waals surface area contributed by atoms with Crippen LogP contribution in [0.3, 0.4) is 0 Å². The molecule has 1 aromatic carbocycles. The molecule has 2 amide bonds. The lowest BCUT2D eigenvalue weighted by molar-refractivity contribution is 0.101. The standard InChI is InChI=1S/C15H15N3O2/c1-10-6-7-16-9-14(10)18-15(20)17-13-5-3-4-12(8-13)11(2)19/h3-9H,1-2H3,(H2,17,18,20). The third-order valence-electron chi connectivity index (χ3n) is 2.81. The molecule has 0 bridgehead atoms. The van der Waals surface area contributed by atoms with Gasteiger partial charge in [0, 0.05) is 17.4 Å². The number of nitrogens with zero attached hydrogens (tertiary/aromatic N) is 1. The second kappa shape index (κ2) is 5.97. The summed E-state index contributed by atoms with van der Waals surface area (Å²) in [6, 6.07) is 8.23. The molecule has 2 N–H and O–H groups in total. The van der Waals surface area contributed by atoms with Gasteiger partial charge in [-0.25, -0.2) is 4.79 Å². The van der Waals surface area contributed by atoms with Gasteiger partial charge in [-0.15, -0.1) is 0 Å². The topological polar surface area (TPSA) is 71.1 Å². The van der Waals surface area contributed by atoms with Gasteiger partial charge in [0.2, 0.25) is 0 Å². The van der Waals surface area contributed by atoms with E-state index in [-0.39, 0.29) is 11.8 Å². The Bertz CT molecular complexity index is 653. The van der Waals surface area contributed by atoms with Crippen molar-refractivity contribution in [3.05, 3.63) is 53.9 Å². The molecule has 20 heavy (non-hydrogen) atoms. The van der Waals surface area contributed by atoms with Crippen molar-refractivity contribution in [2.45, 2.75) is 13.8 Å². The van der Waals surface area contributed by atoms with Gasteiger partial charge in [-0.05, 0) is 37.6 Å². The largest absolute Gasteiger partial charge is 0.323 e. The fourth-order valence-electron chi connectivity index (χ4n) is 1.70. The number of benzene rings is 1. The van der Waals surface area contributed by atoms with E-state index in [1.165, 1.54) is 6.92 Å². The molecule has 0 aliphatic carbocycles. The van der Waals surface area contributed by atoms with E-state index in [0.717, 1.165) is 5.56 Å². The maximum Gasteiger partial charge on any atom is 0.323 e. The van der Waals surface area contributed by atoms with Crippen LogP contribution < -0.4 is 10.6 Å². The summed E-state index contributed by atoms with van der Waals surface area (Å²) >= 11 is 0. The summed E-state index contributed by atoms with van der Waals surface area (Å²) in [4.78, 5) is 27.1. The fourth-order valence-corrected chi connectivity index (χ4v) is 1.70. The van der Waals surface area contributed by atoms with Crippen LogP contribution in [-0.4, -0.2) is 16.8 Å². The zero-order valence-electron chi connectivity index (χ0n) is 11.3. The maximum atomic E-state index is 11.9. The summed E-state index contributed by atoms with van der Waals surface area (Å²) in [7, 11) is 0. The summed E-state index contributed by atoms with van der Waals surface area (Å²) in [6.07, 6.45) is 3.25. The van der Waals surface area contributed by atoms with Crippen molar-refractivity contribution in [1.29, 1.82) is 0 Å². The third kappa shape index (κ3) is 3.41. The van der Waals surface area contributed by atoms with E-state index < -0.39 is 0 Å². The molecule has 0 saturated carbocycles. The number of carbonyl (C=O) groups excluding carboxylic acids is 2. The van der Waals surface area contributed by atoms with Crippen LogP contribution in [0.15, 0.2) is 42.7 Å². The molecule has 2 aromatic rings. The molecule has 5 heteroatoms. The number of anilines is 2. The number of pyridine rings is 1. The van der Waals surface area contributed by atoms with Gasteiger partial charge in [0.05, 0.1) is 11.9 Å². The van der Waals surface area contributed by atoms with Gasteiger partial charge in [-0.3, -0.25) is 9.78 Å². The molecule has 0 saturated heterocycles. The van der Waals surface area contributed by atoms with Crippen LogP contribution in [0.25, 0.3) is 0 Å². The number of amides is 2. The van der Waals surface area contributed by atoms with E-state index in [2.05, 4.69) is 15.6 Å². The summed E-state index contributed by atoms with van der Waals surface area (Å²) < 4.78 is 0. The van der Waals surface area contributed by atoms with Crippen molar-refractivity contribution in [2.75, 3.05) is 10.6 Å². The molecule has 5 nitrogen and oxygen atoms in total. The van der Waals surface area contributed by atoms with Crippen LogP contribution in [0.5, 0.6) is 0 Å². The predicted molar refractivity (Wildman–Crippen MR) is 78.1 cm³/mol. The Morgan fingerprint density at radius 3 is 2.65 bits per heavy atom. The number of hydrogen-bond donors (Lipinski definition) is 2. The summed E-state index contributed by atoms with van der Waals surface area (Å²) in [6.45, 7) is 3.37. The number of urea groups is 1. The number of aryl methyl sites for hydroxylation is 1. The number of hydrogen-bond acceptors (Lipinski definition) is 3. The maximum absolute atomic E-state index is 11.9. The summed E-state index contributed by atoms with van der Waals surface area (Å²) in [5, 5.41) is 5.39. The van der Waals surface area contributed by atoms with Crippen LogP contribution in [0.2, 0.25) is 0 Å². The zero-order chi connectivity index (χ0) is 14.5. The van der Waals surface area contributed by atoms with Gasteiger partial charge >= 0.3 is 6.03 Å².